The molecule has 0 unspecified atom stereocenters. The monoisotopic (exact) mass is 334 g/mol. The zero-order chi connectivity index (χ0) is 16.1. The van der Waals surface area contributed by atoms with E-state index in [1.165, 1.54) is 12.4 Å². The van der Waals surface area contributed by atoms with Crippen LogP contribution in [0.4, 0.5) is 10.3 Å². The molecule has 0 aromatic carbocycles. The smallest absolute Gasteiger partial charge is 0.225 e. The molecule has 1 aliphatic heterocycles. The Kier molecular flexibility index (Phi) is 5.30. The van der Waals surface area contributed by atoms with Gasteiger partial charge in [0.15, 0.2) is 5.82 Å². The summed E-state index contributed by atoms with van der Waals surface area (Å²) in [4.78, 5) is 25.5. The van der Waals surface area contributed by atoms with E-state index in [2.05, 4.69) is 14.9 Å². The molecule has 1 aliphatic rings. The van der Waals surface area contributed by atoms with Gasteiger partial charge in [-0.1, -0.05) is 6.07 Å². The minimum absolute atomic E-state index is 0.289. The fraction of sp³-hybridized carbons (Fsp3) is 0.438. The molecule has 122 valence electrons. The minimum atomic E-state index is -0.420. The Balaban J connectivity index is 1.40. The van der Waals surface area contributed by atoms with Crippen molar-refractivity contribution in [3.8, 4) is 0 Å². The average molecular weight is 334 g/mol. The van der Waals surface area contributed by atoms with Gasteiger partial charge in [0.25, 0.3) is 0 Å². The Labute approximate surface area is 138 Å². The Morgan fingerprint density at radius 2 is 1.96 bits per heavy atom. The SMILES string of the molecule is O=C(CCN1CCN(c2ncc(F)cn2)CC1)Cc1cccs1. The third kappa shape index (κ3) is 4.56. The third-order valence-corrected chi connectivity index (χ3v) is 4.80. The summed E-state index contributed by atoms with van der Waals surface area (Å²) >= 11 is 1.63. The predicted molar refractivity (Wildman–Crippen MR) is 88.3 cm³/mol. The number of hydrogen-bond donors (Lipinski definition) is 0. The summed E-state index contributed by atoms with van der Waals surface area (Å²) in [5, 5.41) is 2.00. The lowest BCUT2D eigenvalue weighted by molar-refractivity contribution is -0.118. The molecule has 2 aromatic rings. The summed E-state index contributed by atoms with van der Waals surface area (Å²) in [5.74, 6) is 0.438. The van der Waals surface area contributed by atoms with Gasteiger partial charge < -0.3 is 4.90 Å². The van der Waals surface area contributed by atoms with E-state index in [0.717, 1.165) is 37.6 Å². The summed E-state index contributed by atoms with van der Waals surface area (Å²) in [7, 11) is 0. The van der Waals surface area contributed by atoms with Crippen LogP contribution in [0, 0.1) is 5.82 Å². The van der Waals surface area contributed by atoms with Gasteiger partial charge in [-0.05, 0) is 11.4 Å². The molecule has 0 aliphatic carbocycles. The Hall–Kier alpha value is -1.86. The van der Waals surface area contributed by atoms with E-state index in [1.54, 1.807) is 11.3 Å². The first-order valence-electron chi connectivity index (χ1n) is 7.69. The number of Topliss-reactive ketones (excluding diaryl/α,β-unsaturated/α-hetero) is 1. The van der Waals surface area contributed by atoms with Gasteiger partial charge in [0.2, 0.25) is 5.95 Å². The van der Waals surface area contributed by atoms with Crippen LogP contribution in [-0.4, -0.2) is 53.4 Å². The lowest BCUT2D eigenvalue weighted by Gasteiger charge is -2.34. The second-order valence-corrected chi connectivity index (χ2v) is 6.61. The molecule has 2 aromatic heterocycles. The summed E-state index contributed by atoms with van der Waals surface area (Å²) < 4.78 is 12.8. The van der Waals surface area contributed by atoms with Crippen molar-refractivity contribution in [2.24, 2.45) is 0 Å². The van der Waals surface area contributed by atoms with Gasteiger partial charge in [-0.15, -0.1) is 11.3 Å². The number of aromatic nitrogens is 2. The van der Waals surface area contributed by atoms with Crippen molar-refractivity contribution in [1.29, 1.82) is 0 Å². The van der Waals surface area contributed by atoms with Crippen LogP contribution in [-0.2, 0) is 11.2 Å². The summed E-state index contributed by atoms with van der Waals surface area (Å²) in [6.45, 7) is 4.12. The van der Waals surface area contributed by atoms with Gasteiger partial charge in [0.1, 0.15) is 5.78 Å². The first-order valence-corrected chi connectivity index (χ1v) is 8.57. The summed E-state index contributed by atoms with van der Waals surface area (Å²) in [5.41, 5.74) is 0. The van der Waals surface area contributed by atoms with Crippen molar-refractivity contribution in [3.63, 3.8) is 0 Å². The number of nitrogens with zero attached hydrogens (tertiary/aromatic N) is 4. The van der Waals surface area contributed by atoms with Crippen molar-refractivity contribution >= 4 is 23.1 Å². The third-order valence-electron chi connectivity index (χ3n) is 3.92. The second-order valence-electron chi connectivity index (χ2n) is 5.57. The van der Waals surface area contributed by atoms with Crippen LogP contribution in [0.25, 0.3) is 0 Å². The molecule has 1 fully saturated rings. The van der Waals surface area contributed by atoms with E-state index in [0.29, 0.717) is 18.8 Å². The first kappa shape index (κ1) is 16.0. The number of rotatable bonds is 6. The van der Waals surface area contributed by atoms with Crippen LogP contribution in [0.3, 0.4) is 0 Å². The number of ketones is 1. The maximum atomic E-state index is 12.8. The lowest BCUT2D eigenvalue weighted by atomic mass is 10.2. The second kappa shape index (κ2) is 7.61. The Morgan fingerprint density at radius 1 is 1.22 bits per heavy atom. The van der Waals surface area contributed by atoms with Crippen LogP contribution in [0.15, 0.2) is 29.9 Å². The van der Waals surface area contributed by atoms with Gasteiger partial charge in [0.05, 0.1) is 12.4 Å². The molecule has 5 nitrogen and oxygen atoms in total. The normalized spacial score (nSPS) is 15.8. The van der Waals surface area contributed by atoms with Gasteiger partial charge in [-0.3, -0.25) is 9.69 Å². The number of thiophene rings is 1. The van der Waals surface area contributed by atoms with E-state index in [4.69, 9.17) is 0 Å². The summed E-state index contributed by atoms with van der Waals surface area (Å²) in [6, 6.07) is 3.98. The molecule has 0 amide bonds. The first-order chi connectivity index (χ1) is 11.2. The van der Waals surface area contributed by atoms with Crippen molar-refractivity contribution in [2.45, 2.75) is 12.8 Å². The van der Waals surface area contributed by atoms with Crippen LogP contribution in [0.2, 0.25) is 0 Å². The number of piperazine rings is 1. The lowest BCUT2D eigenvalue weighted by Crippen LogP contribution is -2.47. The van der Waals surface area contributed by atoms with Gasteiger partial charge >= 0.3 is 0 Å². The zero-order valence-corrected chi connectivity index (χ0v) is 13.6. The number of halogens is 1. The molecule has 3 heterocycles. The maximum absolute atomic E-state index is 12.8. The van der Waals surface area contributed by atoms with E-state index in [1.807, 2.05) is 22.4 Å². The fourth-order valence-electron chi connectivity index (χ4n) is 2.62. The van der Waals surface area contributed by atoms with Gasteiger partial charge in [-0.2, -0.15) is 0 Å². The van der Waals surface area contributed by atoms with E-state index in [-0.39, 0.29) is 5.78 Å². The molecule has 7 heteroatoms. The van der Waals surface area contributed by atoms with Crippen LogP contribution in [0.5, 0.6) is 0 Å². The molecular formula is C16H19FN4OS. The van der Waals surface area contributed by atoms with Crippen molar-refractivity contribution in [3.05, 3.63) is 40.6 Å². The largest absolute Gasteiger partial charge is 0.338 e. The molecule has 0 N–H and O–H groups in total. The van der Waals surface area contributed by atoms with Crippen LogP contribution >= 0.6 is 11.3 Å². The molecule has 3 rings (SSSR count). The van der Waals surface area contributed by atoms with Gasteiger partial charge in [-0.25, -0.2) is 14.4 Å². The highest BCUT2D eigenvalue weighted by atomic mass is 32.1. The zero-order valence-electron chi connectivity index (χ0n) is 12.8. The van der Waals surface area contributed by atoms with E-state index >= 15 is 0 Å². The molecule has 1 saturated heterocycles. The van der Waals surface area contributed by atoms with Crippen molar-refractivity contribution in [2.75, 3.05) is 37.6 Å². The quantitative estimate of drug-likeness (QED) is 0.809. The Bertz CT molecular complexity index is 624. The number of carbonyl (C=O) groups is 1. The molecule has 0 spiro atoms. The molecule has 0 atom stereocenters. The topological polar surface area (TPSA) is 49.3 Å². The van der Waals surface area contributed by atoms with Crippen LogP contribution < -0.4 is 4.90 Å². The van der Waals surface area contributed by atoms with Crippen LogP contribution in [0.1, 0.15) is 11.3 Å². The number of carbonyl (C=O) groups excluding carboxylic acids is 1. The molecule has 0 bridgehead atoms. The van der Waals surface area contributed by atoms with E-state index < -0.39 is 5.82 Å². The molecule has 0 radical (unpaired) electrons. The highest BCUT2D eigenvalue weighted by molar-refractivity contribution is 7.10. The standard InChI is InChI=1S/C16H19FN4OS/c17-13-11-18-16(19-12-13)21-7-5-20(6-8-21)4-3-14(22)10-15-2-1-9-23-15/h1-2,9,11-12H,3-8,10H2. The summed E-state index contributed by atoms with van der Waals surface area (Å²) in [6.07, 6.45) is 3.52. The fourth-order valence-corrected chi connectivity index (χ4v) is 3.35. The van der Waals surface area contributed by atoms with Gasteiger partial charge in [0, 0.05) is 50.4 Å². The number of hydrogen-bond acceptors (Lipinski definition) is 6. The molecule has 23 heavy (non-hydrogen) atoms. The van der Waals surface area contributed by atoms with Crippen molar-refractivity contribution < 1.29 is 9.18 Å². The van der Waals surface area contributed by atoms with Crippen molar-refractivity contribution in [1.82, 2.24) is 14.9 Å². The highest BCUT2D eigenvalue weighted by Gasteiger charge is 2.19. The maximum Gasteiger partial charge on any atom is 0.225 e. The molecule has 0 saturated carbocycles. The minimum Gasteiger partial charge on any atom is -0.338 e. The van der Waals surface area contributed by atoms with E-state index in [9.17, 15) is 9.18 Å². The number of anilines is 1. The highest BCUT2D eigenvalue weighted by Crippen LogP contribution is 2.12. The predicted octanol–water partition coefficient (Wildman–Crippen LogP) is 2.00. The Morgan fingerprint density at radius 3 is 2.61 bits per heavy atom. The molecular weight excluding hydrogens is 315 g/mol. The average Bonchev–Trinajstić information content (AvgIpc) is 3.07.